The zero-order valence-electron chi connectivity index (χ0n) is 17.2. The van der Waals surface area contributed by atoms with Gasteiger partial charge >= 0.3 is 0 Å². The van der Waals surface area contributed by atoms with Crippen molar-refractivity contribution in [3.63, 3.8) is 0 Å². The summed E-state index contributed by atoms with van der Waals surface area (Å²) in [6.07, 6.45) is 3.13. The van der Waals surface area contributed by atoms with Crippen LogP contribution in [0.4, 0.5) is 0 Å². The highest BCUT2D eigenvalue weighted by Gasteiger charge is 2.34. The van der Waals surface area contributed by atoms with Crippen molar-refractivity contribution in [2.24, 2.45) is 5.73 Å². The molecule has 2 aromatic heterocycles. The molecule has 8 nitrogen and oxygen atoms in total. The molecule has 0 spiro atoms. The zero-order chi connectivity index (χ0) is 22.2. The lowest BCUT2D eigenvalue weighted by Gasteiger charge is -2.38. The van der Waals surface area contributed by atoms with Crippen LogP contribution in [0.1, 0.15) is 22.0 Å². The van der Waals surface area contributed by atoms with Gasteiger partial charge in [0.15, 0.2) is 11.3 Å². The van der Waals surface area contributed by atoms with Gasteiger partial charge in [-0.15, -0.1) is 0 Å². The molecule has 8 heteroatoms. The van der Waals surface area contributed by atoms with E-state index >= 15 is 0 Å². The van der Waals surface area contributed by atoms with Gasteiger partial charge in [-0.3, -0.25) is 14.7 Å². The average Bonchev–Trinajstić information content (AvgIpc) is 3.33. The first kappa shape index (κ1) is 19.6. The third-order valence-corrected chi connectivity index (χ3v) is 5.63. The Bertz CT molecular complexity index is 1320. The minimum absolute atomic E-state index is 0.0903. The minimum Gasteiger partial charge on any atom is -0.457 e. The molecule has 1 saturated heterocycles. The fourth-order valence-corrected chi connectivity index (χ4v) is 3.96. The number of amides is 2. The first-order valence-electron chi connectivity index (χ1n) is 10.2. The van der Waals surface area contributed by atoms with Gasteiger partial charge in [0.05, 0.1) is 0 Å². The van der Waals surface area contributed by atoms with Gasteiger partial charge < -0.3 is 15.4 Å². The molecule has 2 aromatic carbocycles. The Labute approximate surface area is 183 Å². The maximum atomic E-state index is 12.3. The largest absolute Gasteiger partial charge is 0.457 e. The van der Waals surface area contributed by atoms with Crippen molar-refractivity contribution in [3.05, 3.63) is 84.7 Å². The normalized spacial score (nSPS) is 13.7. The van der Waals surface area contributed by atoms with Gasteiger partial charge in [0.25, 0.3) is 5.91 Å². The van der Waals surface area contributed by atoms with Gasteiger partial charge in [-0.1, -0.05) is 24.8 Å². The first-order valence-corrected chi connectivity index (χ1v) is 10.2. The molecule has 5 rings (SSSR count). The van der Waals surface area contributed by atoms with Crippen molar-refractivity contribution in [2.45, 2.75) is 5.92 Å². The predicted molar refractivity (Wildman–Crippen MR) is 120 cm³/mol. The molecule has 1 fully saturated rings. The smallest absolute Gasteiger partial charge is 0.269 e. The van der Waals surface area contributed by atoms with E-state index in [1.54, 1.807) is 9.42 Å². The molecule has 4 aromatic rings. The second-order valence-electron chi connectivity index (χ2n) is 7.64. The number of hydrogen-bond donors (Lipinski definition) is 2. The van der Waals surface area contributed by atoms with Crippen LogP contribution in [0.5, 0.6) is 11.5 Å². The topological polar surface area (TPSA) is 106 Å². The van der Waals surface area contributed by atoms with Crippen LogP contribution in [-0.2, 0) is 4.79 Å². The van der Waals surface area contributed by atoms with Gasteiger partial charge in [0.2, 0.25) is 5.91 Å². The van der Waals surface area contributed by atoms with Crippen molar-refractivity contribution in [2.75, 3.05) is 13.1 Å². The van der Waals surface area contributed by atoms with Gasteiger partial charge in [0, 0.05) is 36.3 Å². The van der Waals surface area contributed by atoms with Crippen molar-refractivity contribution in [1.29, 1.82) is 0 Å². The molecule has 0 aliphatic carbocycles. The van der Waals surface area contributed by atoms with E-state index in [4.69, 9.17) is 15.5 Å². The lowest BCUT2D eigenvalue weighted by Crippen LogP contribution is -2.47. The summed E-state index contributed by atoms with van der Waals surface area (Å²) < 4.78 is 7.45. The van der Waals surface area contributed by atoms with Crippen LogP contribution in [0.2, 0.25) is 0 Å². The lowest BCUT2D eigenvalue weighted by atomic mass is 9.93. The van der Waals surface area contributed by atoms with E-state index in [2.05, 4.69) is 11.7 Å². The molecule has 0 saturated carbocycles. The standard InChI is InChI=1S/C24H21N5O3/c1-2-20(30)28-13-16(14-28)19-12-26-29-22(23(25)31)21(27-24(19)29)15-8-10-18(11-9-15)32-17-6-4-3-5-7-17/h2-12,16,26H,1,13-14H2,(H2,25,31). The summed E-state index contributed by atoms with van der Waals surface area (Å²) in [5, 5.41) is 3.08. The molecule has 32 heavy (non-hydrogen) atoms. The number of H-pyrrole nitrogens is 1. The number of carbonyl (C=O) groups excluding carboxylic acids is 2. The number of rotatable bonds is 6. The first-order chi connectivity index (χ1) is 15.5. The third kappa shape index (κ3) is 3.31. The number of benzene rings is 2. The van der Waals surface area contributed by atoms with E-state index in [-0.39, 0.29) is 17.5 Å². The van der Waals surface area contributed by atoms with Crippen LogP contribution >= 0.6 is 0 Å². The van der Waals surface area contributed by atoms with Crippen molar-refractivity contribution in [1.82, 2.24) is 19.5 Å². The van der Waals surface area contributed by atoms with E-state index in [0.717, 1.165) is 16.9 Å². The Balaban J connectivity index is 1.45. The second kappa shape index (κ2) is 7.73. The number of hydrogen-bond acceptors (Lipinski definition) is 4. The molecular formula is C24H21N5O3. The van der Waals surface area contributed by atoms with Crippen molar-refractivity contribution < 1.29 is 14.3 Å². The molecule has 3 heterocycles. The molecule has 0 atom stereocenters. The Morgan fingerprint density at radius 1 is 1.09 bits per heavy atom. The third-order valence-electron chi connectivity index (χ3n) is 5.63. The number of likely N-dealkylation sites (tertiary alicyclic amines) is 1. The number of para-hydroxylation sites is 1. The predicted octanol–water partition coefficient (Wildman–Crippen LogP) is 3.33. The summed E-state index contributed by atoms with van der Waals surface area (Å²) in [4.78, 5) is 30.5. The van der Waals surface area contributed by atoms with Crippen LogP contribution in [0.15, 0.2) is 73.4 Å². The second-order valence-corrected chi connectivity index (χ2v) is 7.64. The summed E-state index contributed by atoms with van der Waals surface area (Å²) in [6, 6.07) is 16.8. The summed E-state index contributed by atoms with van der Waals surface area (Å²) in [7, 11) is 0. The average molecular weight is 427 g/mol. The summed E-state index contributed by atoms with van der Waals surface area (Å²) in [5.74, 6) is 0.871. The number of ether oxygens (including phenoxy) is 1. The number of nitrogens with zero attached hydrogens (tertiary/aromatic N) is 3. The number of nitrogens with two attached hydrogens (primary N) is 1. The van der Waals surface area contributed by atoms with E-state index in [9.17, 15) is 9.59 Å². The number of aromatic amines is 1. The molecule has 3 N–H and O–H groups in total. The SMILES string of the molecule is C=CC(=O)N1CC(c2c[nH]n3c(C(N)=O)c(-c4ccc(Oc5ccccc5)cc4)nc23)C1. The van der Waals surface area contributed by atoms with Crippen LogP contribution in [0.25, 0.3) is 16.9 Å². The van der Waals surface area contributed by atoms with Gasteiger partial charge in [-0.2, -0.15) is 0 Å². The number of nitrogens with one attached hydrogen (secondary N) is 1. The molecule has 160 valence electrons. The molecule has 0 radical (unpaired) electrons. The molecule has 0 unspecified atom stereocenters. The van der Waals surface area contributed by atoms with Crippen molar-refractivity contribution in [3.8, 4) is 22.8 Å². The van der Waals surface area contributed by atoms with E-state index in [0.29, 0.717) is 30.2 Å². The molecule has 0 bridgehead atoms. The maximum absolute atomic E-state index is 12.3. The summed E-state index contributed by atoms with van der Waals surface area (Å²) >= 11 is 0. The Hall–Kier alpha value is -4.33. The number of carbonyl (C=O) groups is 2. The van der Waals surface area contributed by atoms with Crippen LogP contribution in [0, 0.1) is 0 Å². The van der Waals surface area contributed by atoms with Crippen LogP contribution in [0.3, 0.4) is 0 Å². The molecule has 1 aliphatic heterocycles. The van der Waals surface area contributed by atoms with Crippen LogP contribution in [-0.4, -0.2) is 44.4 Å². The highest BCUT2D eigenvalue weighted by molar-refractivity contribution is 5.98. The van der Waals surface area contributed by atoms with Crippen LogP contribution < -0.4 is 10.5 Å². The zero-order valence-corrected chi connectivity index (χ0v) is 17.2. The molecule has 1 aliphatic rings. The minimum atomic E-state index is -0.581. The highest BCUT2D eigenvalue weighted by atomic mass is 16.5. The number of fused-ring (bicyclic) bond motifs is 1. The Morgan fingerprint density at radius 2 is 1.78 bits per heavy atom. The molecule has 2 amide bonds. The number of primary amides is 1. The summed E-state index contributed by atoms with van der Waals surface area (Å²) in [5.41, 5.74) is 8.80. The number of imidazole rings is 1. The Kier molecular flexibility index (Phi) is 4.74. The molecular weight excluding hydrogens is 406 g/mol. The quantitative estimate of drug-likeness (QED) is 0.460. The summed E-state index contributed by atoms with van der Waals surface area (Å²) in [6.45, 7) is 4.69. The van der Waals surface area contributed by atoms with Gasteiger partial charge in [0.1, 0.15) is 17.2 Å². The van der Waals surface area contributed by atoms with Crippen molar-refractivity contribution >= 4 is 17.5 Å². The van der Waals surface area contributed by atoms with E-state index in [1.165, 1.54) is 6.08 Å². The van der Waals surface area contributed by atoms with Gasteiger partial charge in [-0.05, 0) is 42.5 Å². The Morgan fingerprint density at radius 3 is 2.44 bits per heavy atom. The lowest BCUT2D eigenvalue weighted by molar-refractivity contribution is -0.130. The highest BCUT2D eigenvalue weighted by Crippen LogP contribution is 2.33. The number of aromatic nitrogens is 3. The fraction of sp³-hybridized carbons (Fsp3) is 0.125. The van der Waals surface area contributed by atoms with Gasteiger partial charge in [-0.25, -0.2) is 9.50 Å². The van der Waals surface area contributed by atoms with E-state index < -0.39 is 5.91 Å². The maximum Gasteiger partial charge on any atom is 0.269 e. The van der Waals surface area contributed by atoms with E-state index in [1.807, 2.05) is 60.8 Å². The fourth-order valence-electron chi connectivity index (χ4n) is 3.96. The monoisotopic (exact) mass is 427 g/mol.